The molecule has 0 aliphatic heterocycles. The van der Waals surface area contributed by atoms with Crippen molar-refractivity contribution in [3.63, 3.8) is 0 Å². The first-order valence-electron chi connectivity index (χ1n) is 10.0. The Morgan fingerprint density at radius 1 is 1.00 bits per heavy atom. The molecule has 1 heterocycles. The molecule has 1 aromatic heterocycles. The van der Waals surface area contributed by atoms with Crippen LogP contribution in [0, 0.1) is 0 Å². The van der Waals surface area contributed by atoms with Gasteiger partial charge in [-0.3, -0.25) is 14.2 Å². The van der Waals surface area contributed by atoms with Gasteiger partial charge in [-0.15, -0.1) is 0 Å². The van der Waals surface area contributed by atoms with Crippen LogP contribution < -0.4 is 10.3 Å². The fraction of sp³-hybridized carbons (Fsp3) is 0.160. The summed E-state index contributed by atoms with van der Waals surface area (Å²) in [6, 6.07) is 24.0. The fourth-order valence-corrected chi connectivity index (χ4v) is 4.30. The number of benzene rings is 3. The minimum atomic E-state index is -0.123. The molecule has 0 aliphatic carbocycles. The van der Waals surface area contributed by atoms with Crippen LogP contribution in [0.25, 0.3) is 16.6 Å². The van der Waals surface area contributed by atoms with Gasteiger partial charge in [0.25, 0.3) is 5.56 Å². The van der Waals surface area contributed by atoms with Crippen molar-refractivity contribution in [3.05, 3.63) is 94.8 Å². The average Bonchev–Trinajstić information content (AvgIpc) is 2.82. The standard InChI is InChI=1S/C25H22N2O3S/c1-30-20-12-7-11-19(17-20)27-24(29)21-13-5-6-14-22(21)26-25(27)31-16-8-15-23(28)18-9-3-2-4-10-18/h2-7,9-14,17H,8,15-16H2,1H3. The molecule has 0 spiro atoms. The molecule has 156 valence electrons. The molecule has 6 heteroatoms. The highest BCUT2D eigenvalue weighted by molar-refractivity contribution is 7.99. The van der Waals surface area contributed by atoms with E-state index in [1.807, 2.05) is 72.8 Å². The number of ether oxygens (including phenoxy) is 1. The lowest BCUT2D eigenvalue weighted by molar-refractivity contribution is 0.0982. The molecule has 3 aromatic carbocycles. The van der Waals surface area contributed by atoms with Gasteiger partial charge >= 0.3 is 0 Å². The van der Waals surface area contributed by atoms with Gasteiger partial charge in [-0.1, -0.05) is 60.3 Å². The van der Waals surface area contributed by atoms with E-state index in [4.69, 9.17) is 9.72 Å². The summed E-state index contributed by atoms with van der Waals surface area (Å²) < 4.78 is 6.95. The minimum absolute atomic E-state index is 0.123. The van der Waals surface area contributed by atoms with E-state index < -0.39 is 0 Å². The van der Waals surface area contributed by atoms with Crippen LogP contribution in [0.5, 0.6) is 5.75 Å². The lowest BCUT2D eigenvalue weighted by Crippen LogP contribution is -2.21. The zero-order chi connectivity index (χ0) is 21.6. The Balaban J connectivity index is 1.60. The highest BCUT2D eigenvalue weighted by atomic mass is 32.2. The summed E-state index contributed by atoms with van der Waals surface area (Å²) in [7, 11) is 1.60. The Hall–Kier alpha value is -3.38. The number of Topliss-reactive ketones (excluding diaryl/α,β-unsaturated/α-hetero) is 1. The van der Waals surface area contributed by atoms with Gasteiger partial charge in [0.1, 0.15) is 5.75 Å². The van der Waals surface area contributed by atoms with Crippen molar-refractivity contribution in [1.29, 1.82) is 0 Å². The Morgan fingerprint density at radius 2 is 1.77 bits per heavy atom. The topological polar surface area (TPSA) is 61.2 Å². The van der Waals surface area contributed by atoms with Crippen LogP contribution in [-0.4, -0.2) is 28.2 Å². The smallest absolute Gasteiger partial charge is 0.266 e. The Morgan fingerprint density at radius 3 is 2.58 bits per heavy atom. The molecule has 5 nitrogen and oxygen atoms in total. The second kappa shape index (κ2) is 9.62. The number of carbonyl (C=O) groups excluding carboxylic acids is 1. The molecule has 0 fully saturated rings. The second-order valence-electron chi connectivity index (χ2n) is 6.99. The number of aromatic nitrogens is 2. The van der Waals surface area contributed by atoms with Gasteiger partial charge in [-0.05, 0) is 30.7 Å². The first-order chi connectivity index (χ1) is 15.2. The van der Waals surface area contributed by atoms with E-state index in [0.29, 0.717) is 46.1 Å². The van der Waals surface area contributed by atoms with E-state index in [0.717, 1.165) is 5.56 Å². The number of para-hydroxylation sites is 1. The third kappa shape index (κ3) is 4.70. The van der Waals surface area contributed by atoms with E-state index in [9.17, 15) is 9.59 Å². The minimum Gasteiger partial charge on any atom is -0.497 e. The van der Waals surface area contributed by atoms with E-state index in [2.05, 4.69) is 0 Å². The first kappa shape index (κ1) is 20.9. The van der Waals surface area contributed by atoms with Gasteiger partial charge in [0, 0.05) is 23.8 Å². The van der Waals surface area contributed by atoms with E-state index in [-0.39, 0.29) is 11.3 Å². The largest absolute Gasteiger partial charge is 0.497 e. The predicted octanol–water partition coefficient (Wildman–Crippen LogP) is 5.15. The maximum atomic E-state index is 13.3. The van der Waals surface area contributed by atoms with Crippen LogP contribution in [0.3, 0.4) is 0 Å². The Bertz CT molecular complexity index is 1270. The highest BCUT2D eigenvalue weighted by Crippen LogP contribution is 2.24. The van der Waals surface area contributed by atoms with Crippen molar-refractivity contribution in [3.8, 4) is 11.4 Å². The van der Waals surface area contributed by atoms with Crippen LogP contribution in [0.2, 0.25) is 0 Å². The van der Waals surface area contributed by atoms with Crippen LogP contribution in [0.15, 0.2) is 88.8 Å². The van der Waals surface area contributed by atoms with E-state index >= 15 is 0 Å². The molecule has 4 aromatic rings. The molecule has 0 saturated heterocycles. The van der Waals surface area contributed by atoms with Crippen molar-refractivity contribution in [1.82, 2.24) is 9.55 Å². The van der Waals surface area contributed by atoms with Crippen molar-refractivity contribution in [2.24, 2.45) is 0 Å². The van der Waals surface area contributed by atoms with E-state index in [1.165, 1.54) is 11.8 Å². The molecule has 0 unspecified atom stereocenters. The summed E-state index contributed by atoms with van der Waals surface area (Å²) in [4.78, 5) is 30.4. The number of carbonyl (C=O) groups is 1. The molecule has 0 saturated carbocycles. The first-order valence-corrected chi connectivity index (χ1v) is 11.0. The molecule has 0 atom stereocenters. The van der Waals surface area contributed by atoms with Gasteiger partial charge in [-0.25, -0.2) is 4.98 Å². The number of nitrogens with zero attached hydrogens (tertiary/aromatic N) is 2. The van der Waals surface area contributed by atoms with Crippen LogP contribution in [0.1, 0.15) is 23.2 Å². The van der Waals surface area contributed by atoms with Gasteiger partial charge in [0.15, 0.2) is 10.9 Å². The van der Waals surface area contributed by atoms with Crippen molar-refractivity contribution in [2.45, 2.75) is 18.0 Å². The number of fused-ring (bicyclic) bond motifs is 1. The molecule has 0 bridgehead atoms. The number of hydrogen-bond donors (Lipinski definition) is 0. The quantitative estimate of drug-likeness (QED) is 0.167. The van der Waals surface area contributed by atoms with Crippen molar-refractivity contribution >= 4 is 28.4 Å². The second-order valence-corrected chi connectivity index (χ2v) is 8.06. The normalized spacial score (nSPS) is 10.9. The Kier molecular flexibility index (Phi) is 6.48. The number of thioether (sulfide) groups is 1. The number of rotatable bonds is 8. The number of methoxy groups -OCH3 is 1. The molecular weight excluding hydrogens is 408 g/mol. The van der Waals surface area contributed by atoms with Crippen molar-refractivity contribution < 1.29 is 9.53 Å². The number of ketones is 1. The van der Waals surface area contributed by atoms with Crippen LogP contribution >= 0.6 is 11.8 Å². The lowest BCUT2D eigenvalue weighted by Gasteiger charge is -2.14. The molecular formula is C25H22N2O3S. The number of hydrogen-bond acceptors (Lipinski definition) is 5. The van der Waals surface area contributed by atoms with Crippen LogP contribution in [-0.2, 0) is 0 Å². The lowest BCUT2D eigenvalue weighted by atomic mass is 10.1. The summed E-state index contributed by atoms with van der Waals surface area (Å²) in [5.74, 6) is 1.47. The monoisotopic (exact) mass is 430 g/mol. The maximum absolute atomic E-state index is 13.3. The molecule has 4 rings (SSSR count). The average molecular weight is 431 g/mol. The van der Waals surface area contributed by atoms with Crippen LogP contribution in [0.4, 0.5) is 0 Å². The molecule has 0 radical (unpaired) electrons. The third-order valence-corrected chi connectivity index (χ3v) is 5.96. The summed E-state index contributed by atoms with van der Waals surface area (Å²) >= 11 is 1.48. The van der Waals surface area contributed by atoms with E-state index in [1.54, 1.807) is 17.7 Å². The molecule has 0 amide bonds. The zero-order valence-corrected chi connectivity index (χ0v) is 18.0. The van der Waals surface area contributed by atoms with Gasteiger partial charge in [0.05, 0.1) is 23.7 Å². The zero-order valence-electron chi connectivity index (χ0n) is 17.2. The summed E-state index contributed by atoms with van der Waals surface area (Å²) in [5, 5.41) is 1.16. The van der Waals surface area contributed by atoms with Gasteiger partial charge < -0.3 is 4.74 Å². The summed E-state index contributed by atoms with van der Waals surface area (Å²) in [5.41, 5.74) is 1.96. The van der Waals surface area contributed by atoms with Gasteiger partial charge in [-0.2, -0.15) is 0 Å². The third-order valence-electron chi connectivity index (χ3n) is 4.93. The predicted molar refractivity (Wildman–Crippen MR) is 125 cm³/mol. The highest BCUT2D eigenvalue weighted by Gasteiger charge is 2.14. The molecule has 0 N–H and O–H groups in total. The summed E-state index contributed by atoms with van der Waals surface area (Å²) in [6.45, 7) is 0. The van der Waals surface area contributed by atoms with Gasteiger partial charge in [0.2, 0.25) is 0 Å². The molecule has 0 aliphatic rings. The fourth-order valence-electron chi connectivity index (χ4n) is 3.35. The van der Waals surface area contributed by atoms with Crippen molar-refractivity contribution in [2.75, 3.05) is 12.9 Å². The maximum Gasteiger partial charge on any atom is 0.266 e. The Labute approximate surface area is 184 Å². The molecule has 31 heavy (non-hydrogen) atoms. The summed E-state index contributed by atoms with van der Waals surface area (Å²) in [6.07, 6.45) is 1.15. The SMILES string of the molecule is COc1cccc(-n2c(SCCCC(=O)c3ccccc3)nc3ccccc3c2=O)c1.